The predicted molar refractivity (Wildman–Crippen MR) is 87.0 cm³/mol. The zero-order valence-corrected chi connectivity index (χ0v) is 12.8. The van der Waals surface area contributed by atoms with Crippen LogP contribution in [0.1, 0.15) is 5.56 Å². The molecule has 0 saturated carbocycles. The van der Waals surface area contributed by atoms with Gasteiger partial charge in [0.05, 0.1) is 26.1 Å². The molecule has 1 aliphatic heterocycles. The monoisotopic (exact) mass is 316 g/mol. The number of nitrogens with zero attached hydrogens (tertiary/aromatic N) is 2. The number of ether oxygens (including phenoxy) is 2. The van der Waals surface area contributed by atoms with Gasteiger partial charge in [-0.2, -0.15) is 0 Å². The molecule has 1 aliphatic rings. The Kier molecular flexibility index (Phi) is 4.16. The largest absolute Gasteiger partial charge is 0.342 e. The Morgan fingerprint density at radius 3 is 2.59 bits per heavy atom. The van der Waals surface area contributed by atoms with Crippen molar-refractivity contribution < 1.29 is 9.47 Å². The van der Waals surface area contributed by atoms with Crippen LogP contribution in [0.3, 0.4) is 0 Å². The van der Waals surface area contributed by atoms with E-state index in [4.69, 9.17) is 9.47 Å². The fourth-order valence-electron chi connectivity index (χ4n) is 2.96. The van der Waals surface area contributed by atoms with Gasteiger partial charge < -0.3 is 14.0 Å². The minimum Gasteiger partial charge on any atom is -0.342 e. The van der Waals surface area contributed by atoms with Crippen LogP contribution in [0.15, 0.2) is 61.2 Å². The summed E-state index contributed by atoms with van der Waals surface area (Å²) in [6, 6.07) is 14.6. The predicted octanol–water partition coefficient (Wildman–Crippen LogP) is 3.36. The van der Waals surface area contributed by atoms with E-state index in [1.807, 2.05) is 22.9 Å². The standard InChI is InChI=1S/C17H16N2O2.ClH/c1-2-6-15-14(4-1)5-3-7-16(15)17(20-10-11-21-17)12-19-9-8-18-13-19;/h1-9,13H,10-12H2;1H. The lowest BCUT2D eigenvalue weighted by atomic mass is 9.97. The Labute approximate surface area is 135 Å². The first-order chi connectivity index (χ1) is 10.4. The number of imidazole rings is 1. The third-order valence-electron chi connectivity index (χ3n) is 3.90. The van der Waals surface area contributed by atoms with Gasteiger partial charge in [0.2, 0.25) is 5.79 Å². The number of aromatic nitrogens is 2. The fraction of sp³-hybridized carbons (Fsp3) is 0.235. The van der Waals surface area contributed by atoms with Gasteiger partial charge in [0.25, 0.3) is 0 Å². The summed E-state index contributed by atoms with van der Waals surface area (Å²) in [6.07, 6.45) is 5.49. The zero-order valence-electron chi connectivity index (χ0n) is 12.0. The van der Waals surface area contributed by atoms with Gasteiger partial charge in [-0.05, 0) is 10.8 Å². The van der Waals surface area contributed by atoms with Crippen LogP contribution in [0.2, 0.25) is 0 Å². The molecule has 4 rings (SSSR count). The Hall–Kier alpha value is -1.88. The van der Waals surface area contributed by atoms with E-state index in [1.54, 1.807) is 12.5 Å². The van der Waals surface area contributed by atoms with E-state index >= 15 is 0 Å². The molecule has 0 atom stereocenters. The minimum atomic E-state index is -0.735. The lowest BCUT2D eigenvalue weighted by molar-refractivity contribution is -0.175. The Morgan fingerprint density at radius 2 is 1.82 bits per heavy atom. The molecule has 4 nitrogen and oxygen atoms in total. The van der Waals surface area contributed by atoms with Crippen molar-refractivity contribution in [2.45, 2.75) is 12.3 Å². The van der Waals surface area contributed by atoms with Gasteiger partial charge in [0.15, 0.2) is 0 Å². The molecule has 1 fully saturated rings. The summed E-state index contributed by atoms with van der Waals surface area (Å²) in [5.74, 6) is -0.735. The Balaban J connectivity index is 0.00000144. The number of hydrogen-bond acceptors (Lipinski definition) is 3. The number of hydrogen-bond donors (Lipinski definition) is 0. The first kappa shape index (κ1) is 15.0. The van der Waals surface area contributed by atoms with Crippen LogP contribution >= 0.6 is 12.4 Å². The molecule has 0 N–H and O–H groups in total. The lowest BCUT2D eigenvalue weighted by Crippen LogP contribution is -2.32. The molecule has 2 aromatic carbocycles. The van der Waals surface area contributed by atoms with Crippen LogP contribution in [0.4, 0.5) is 0 Å². The maximum absolute atomic E-state index is 6.04. The number of halogens is 1. The summed E-state index contributed by atoms with van der Waals surface area (Å²) in [7, 11) is 0. The van der Waals surface area contributed by atoms with E-state index in [0.717, 1.165) is 5.56 Å². The topological polar surface area (TPSA) is 36.3 Å². The maximum Gasteiger partial charge on any atom is 0.214 e. The molecule has 114 valence electrons. The summed E-state index contributed by atoms with van der Waals surface area (Å²) in [6.45, 7) is 1.82. The Bertz CT molecular complexity index is 747. The molecule has 0 spiro atoms. The van der Waals surface area contributed by atoms with Gasteiger partial charge >= 0.3 is 0 Å². The highest BCUT2D eigenvalue weighted by atomic mass is 35.5. The van der Waals surface area contributed by atoms with Crippen LogP contribution < -0.4 is 0 Å². The highest BCUT2D eigenvalue weighted by Crippen LogP contribution is 2.37. The normalized spacial score (nSPS) is 16.5. The molecule has 1 saturated heterocycles. The molecule has 0 bridgehead atoms. The van der Waals surface area contributed by atoms with Crippen LogP contribution in [0.5, 0.6) is 0 Å². The van der Waals surface area contributed by atoms with E-state index in [1.165, 1.54) is 10.8 Å². The SMILES string of the molecule is Cl.c1ccc2c(C3(Cn4ccnc4)OCCO3)cccc2c1. The van der Waals surface area contributed by atoms with Crippen molar-refractivity contribution in [2.24, 2.45) is 0 Å². The Morgan fingerprint density at radius 1 is 1.05 bits per heavy atom. The second-order valence-corrected chi connectivity index (χ2v) is 5.21. The van der Waals surface area contributed by atoms with Gasteiger partial charge in [-0.3, -0.25) is 0 Å². The second kappa shape index (κ2) is 6.08. The van der Waals surface area contributed by atoms with Crippen molar-refractivity contribution in [3.05, 3.63) is 66.7 Å². The molecule has 5 heteroatoms. The second-order valence-electron chi connectivity index (χ2n) is 5.21. The van der Waals surface area contributed by atoms with Gasteiger partial charge in [0.1, 0.15) is 0 Å². The molecule has 3 aromatic rings. The third kappa shape index (κ3) is 2.50. The van der Waals surface area contributed by atoms with Crippen molar-refractivity contribution in [2.75, 3.05) is 13.2 Å². The zero-order chi connectivity index (χ0) is 14.1. The van der Waals surface area contributed by atoms with E-state index < -0.39 is 5.79 Å². The summed E-state index contributed by atoms with van der Waals surface area (Å²) < 4.78 is 14.1. The molecule has 1 aromatic heterocycles. The van der Waals surface area contributed by atoms with Crippen LogP contribution in [0, 0.1) is 0 Å². The van der Waals surface area contributed by atoms with E-state index in [2.05, 4.69) is 35.3 Å². The summed E-state index contributed by atoms with van der Waals surface area (Å²) in [5, 5.41) is 2.36. The van der Waals surface area contributed by atoms with E-state index in [0.29, 0.717) is 19.8 Å². The molecule has 0 radical (unpaired) electrons. The quantitative estimate of drug-likeness (QED) is 0.743. The molecule has 0 aliphatic carbocycles. The summed E-state index contributed by atoms with van der Waals surface area (Å²) in [4.78, 5) is 4.10. The third-order valence-corrected chi connectivity index (χ3v) is 3.90. The van der Waals surface area contributed by atoms with Crippen molar-refractivity contribution in [3.8, 4) is 0 Å². The van der Waals surface area contributed by atoms with Crippen LogP contribution in [-0.4, -0.2) is 22.8 Å². The first-order valence-corrected chi connectivity index (χ1v) is 7.09. The van der Waals surface area contributed by atoms with Crippen LogP contribution in [0.25, 0.3) is 10.8 Å². The minimum absolute atomic E-state index is 0. The average molecular weight is 317 g/mol. The first-order valence-electron chi connectivity index (χ1n) is 7.09. The van der Waals surface area contributed by atoms with E-state index in [-0.39, 0.29) is 12.4 Å². The molecule has 0 amide bonds. The maximum atomic E-state index is 6.04. The highest BCUT2D eigenvalue weighted by Gasteiger charge is 2.40. The van der Waals surface area contributed by atoms with Gasteiger partial charge in [-0.25, -0.2) is 4.98 Å². The van der Waals surface area contributed by atoms with Crippen LogP contribution in [-0.2, 0) is 21.8 Å². The van der Waals surface area contributed by atoms with Gasteiger partial charge in [0, 0.05) is 18.0 Å². The summed E-state index contributed by atoms with van der Waals surface area (Å²) in [5.41, 5.74) is 1.08. The molecule has 2 heterocycles. The summed E-state index contributed by atoms with van der Waals surface area (Å²) >= 11 is 0. The number of fused-ring (bicyclic) bond motifs is 1. The number of rotatable bonds is 3. The molecular formula is C17H17ClN2O2. The smallest absolute Gasteiger partial charge is 0.214 e. The molecule has 0 unspecified atom stereocenters. The fourth-order valence-corrected chi connectivity index (χ4v) is 2.96. The van der Waals surface area contributed by atoms with E-state index in [9.17, 15) is 0 Å². The lowest BCUT2D eigenvalue weighted by Gasteiger charge is -2.29. The van der Waals surface area contributed by atoms with Crippen molar-refractivity contribution in [1.82, 2.24) is 9.55 Å². The van der Waals surface area contributed by atoms with Gasteiger partial charge in [-0.1, -0.05) is 42.5 Å². The highest BCUT2D eigenvalue weighted by molar-refractivity contribution is 5.86. The molecule has 22 heavy (non-hydrogen) atoms. The van der Waals surface area contributed by atoms with Crippen molar-refractivity contribution >= 4 is 23.2 Å². The van der Waals surface area contributed by atoms with Crippen molar-refractivity contribution in [3.63, 3.8) is 0 Å². The number of benzene rings is 2. The van der Waals surface area contributed by atoms with Crippen molar-refractivity contribution in [1.29, 1.82) is 0 Å². The average Bonchev–Trinajstić information content (AvgIpc) is 3.20. The van der Waals surface area contributed by atoms with Gasteiger partial charge in [-0.15, -0.1) is 12.4 Å². The molecular weight excluding hydrogens is 300 g/mol.